The smallest absolute Gasteiger partial charge is 0.266 e. The maximum absolute atomic E-state index is 12.5. The monoisotopic (exact) mass is 277 g/mol. The molecule has 2 N–H and O–H groups in total. The van der Waals surface area contributed by atoms with E-state index in [9.17, 15) is 4.79 Å². The zero-order valence-electron chi connectivity index (χ0n) is 11.5. The minimum atomic E-state index is 0.00685. The average Bonchev–Trinajstić information content (AvgIpc) is 2.77. The van der Waals surface area contributed by atoms with Crippen LogP contribution in [0.3, 0.4) is 0 Å². The molecule has 0 aliphatic heterocycles. The molecular weight excluding hydrogens is 258 g/mol. The van der Waals surface area contributed by atoms with Crippen LogP contribution in [0.2, 0.25) is 0 Å². The molecule has 5 heteroatoms. The lowest BCUT2D eigenvalue weighted by molar-refractivity contribution is 0.0729. The molecule has 0 atom stereocenters. The predicted octanol–water partition coefficient (Wildman–Crippen LogP) is 3.14. The molecule has 2 aromatic rings. The molecule has 0 radical (unpaired) electrons. The van der Waals surface area contributed by atoms with Crippen molar-refractivity contribution in [1.29, 1.82) is 0 Å². The first kappa shape index (κ1) is 13.8. The molecule has 0 saturated carbocycles. The number of thiophene rings is 1. The average molecular weight is 277 g/mol. The minimum Gasteiger partial charge on any atom is -0.397 e. The van der Waals surface area contributed by atoms with Crippen LogP contribution in [0.5, 0.6) is 0 Å². The molecule has 0 fully saturated rings. The highest BCUT2D eigenvalue weighted by atomic mass is 32.1. The zero-order valence-corrected chi connectivity index (χ0v) is 12.3. The predicted molar refractivity (Wildman–Crippen MR) is 80.5 cm³/mol. The van der Waals surface area contributed by atoms with Crippen LogP contribution >= 0.6 is 11.3 Å². The van der Waals surface area contributed by atoms with E-state index >= 15 is 0 Å². The summed E-state index contributed by atoms with van der Waals surface area (Å²) in [6.45, 7) is 4.19. The quantitative estimate of drug-likeness (QED) is 0.934. The van der Waals surface area contributed by atoms with Gasteiger partial charge in [0.05, 0.1) is 10.4 Å². The Bertz CT molecular complexity index is 589. The number of nitrogens with zero attached hydrogens (tertiary/aromatic N) is 2. The van der Waals surface area contributed by atoms with Crippen molar-refractivity contribution in [2.24, 2.45) is 0 Å². The zero-order chi connectivity index (χ0) is 14.0. The van der Waals surface area contributed by atoms with Crippen LogP contribution in [0.4, 0.5) is 5.69 Å². The minimum absolute atomic E-state index is 0.00685. The van der Waals surface area contributed by atoms with Gasteiger partial charge in [0.15, 0.2) is 0 Å². The standard InChI is InChI=1S/C14H19N3OS/c1-4-9(5-2)17(3)14(18)13-12(15)10-6-7-16-8-11(10)19-13/h6-9H,4-5,15H2,1-3H3. The second-order valence-corrected chi connectivity index (χ2v) is 5.66. The van der Waals surface area contributed by atoms with Gasteiger partial charge in [-0.2, -0.15) is 0 Å². The fraction of sp³-hybridized carbons (Fsp3) is 0.429. The highest BCUT2D eigenvalue weighted by Gasteiger charge is 2.23. The van der Waals surface area contributed by atoms with Crippen molar-refractivity contribution in [2.45, 2.75) is 32.7 Å². The third-order valence-corrected chi connectivity index (χ3v) is 4.68. The summed E-state index contributed by atoms with van der Waals surface area (Å²) < 4.78 is 0.960. The SMILES string of the molecule is CCC(CC)N(C)C(=O)c1sc2cnccc2c1N. The third-order valence-electron chi connectivity index (χ3n) is 3.54. The first-order valence-corrected chi connectivity index (χ1v) is 7.30. The lowest BCUT2D eigenvalue weighted by Crippen LogP contribution is -2.36. The Morgan fingerprint density at radius 1 is 1.47 bits per heavy atom. The maximum atomic E-state index is 12.5. The molecule has 1 amide bonds. The van der Waals surface area contributed by atoms with E-state index in [0.29, 0.717) is 10.6 Å². The van der Waals surface area contributed by atoms with E-state index in [1.165, 1.54) is 11.3 Å². The van der Waals surface area contributed by atoms with Gasteiger partial charge >= 0.3 is 0 Å². The number of nitrogen functional groups attached to an aromatic ring is 1. The van der Waals surface area contributed by atoms with Crippen LogP contribution in [0.15, 0.2) is 18.5 Å². The molecule has 2 aromatic heterocycles. The van der Waals surface area contributed by atoms with E-state index < -0.39 is 0 Å². The Morgan fingerprint density at radius 2 is 2.16 bits per heavy atom. The Kier molecular flexibility index (Phi) is 4.04. The van der Waals surface area contributed by atoms with E-state index in [2.05, 4.69) is 18.8 Å². The molecule has 0 aliphatic carbocycles. The number of aromatic nitrogens is 1. The van der Waals surface area contributed by atoms with Gasteiger partial charge in [-0.05, 0) is 18.9 Å². The fourth-order valence-corrected chi connectivity index (χ4v) is 3.36. The van der Waals surface area contributed by atoms with Crippen LogP contribution in [-0.2, 0) is 0 Å². The normalized spacial score (nSPS) is 11.2. The molecule has 0 spiro atoms. The van der Waals surface area contributed by atoms with E-state index in [1.54, 1.807) is 17.3 Å². The molecule has 4 nitrogen and oxygen atoms in total. The summed E-state index contributed by atoms with van der Waals surface area (Å²) in [7, 11) is 1.85. The van der Waals surface area contributed by atoms with E-state index in [1.807, 2.05) is 13.1 Å². The molecule has 102 valence electrons. The van der Waals surface area contributed by atoms with Crippen LogP contribution in [-0.4, -0.2) is 28.9 Å². The number of hydrogen-bond donors (Lipinski definition) is 1. The molecule has 19 heavy (non-hydrogen) atoms. The first-order chi connectivity index (χ1) is 9.10. The highest BCUT2D eigenvalue weighted by Crippen LogP contribution is 2.33. The van der Waals surface area contributed by atoms with Crippen molar-refractivity contribution in [3.8, 4) is 0 Å². The lowest BCUT2D eigenvalue weighted by Gasteiger charge is -2.25. The van der Waals surface area contributed by atoms with Crippen molar-refractivity contribution >= 4 is 33.0 Å². The van der Waals surface area contributed by atoms with Gasteiger partial charge < -0.3 is 10.6 Å². The number of pyridine rings is 1. The van der Waals surface area contributed by atoms with E-state index in [-0.39, 0.29) is 11.9 Å². The van der Waals surface area contributed by atoms with Crippen molar-refractivity contribution in [3.05, 3.63) is 23.3 Å². The van der Waals surface area contributed by atoms with Crippen LogP contribution < -0.4 is 5.73 Å². The number of nitrogens with two attached hydrogens (primary N) is 1. The van der Waals surface area contributed by atoms with Gasteiger partial charge in [0.1, 0.15) is 4.88 Å². The number of carbonyl (C=O) groups is 1. The molecule has 0 bridgehead atoms. The Hall–Kier alpha value is -1.62. The topological polar surface area (TPSA) is 59.2 Å². The van der Waals surface area contributed by atoms with Crippen molar-refractivity contribution in [3.63, 3.8) is 0 Å². The van der Waals surface area contributed by atoms with Gasteiger partial charge in [-0.15, -0.1) is 11.3 Å². The van der Waals surface area contributed by atoms with Crippen molar-refractivity contribution < 1.29 is 4.79 Å². The summed E-state index contributed by atoms with van der Waals surface area (Å²) in [6.07, 6.45) is 5.35. The second-order valence-electron chi connectivity index (χ2n) is 4.60. The molecule has 2 heterocycles. The summed E-state index contributed by atoms with van der Waals surface area (Å²) >= 11 is 1.42. The summed E-state index contributed by atoms with van der Waals surface area (Å²) in [5, 5.41) is 0.918. The van der Waals surface area contributed by atoms with Gasteiger partial charge in [-0.3, -0.25) is 9.78 Å². The molecule has 2 rings (SSSR count). The molecular formula is C14H19N3OS. The maximum Gasteiger partial charge on any atom is 0.266 e. The van der Waals surface area contributed by atoms with Crippen molar-refractivity contribution in [2.75, 3.05) is 12.8 Å². The van der Waals surface area contributed by atoms with Crippen LogP contribution in [0.1, 0.15) is 36.4 Å². The molecule has 0 unspecified atom stereocenters. The Morgan fingerprint density at radius 3 is 2.74 bits per heavy atom. The summed E-state index contributed by atoms with van der Waals surface area (Å²) in [4.78, 5) is 19.0. The van der Waals surface area contributed by atoms with Crippen LogP contribution in [0.25, 0.3) is 10.1 Å². The Labute approximate surface area is 117 Å². The summed E-state index contributed by atoms with van der Waals surface area (Å²) in [6, 6.07) is 2.12. The molecule has 0 aromatic carbocycles. The number of amides is 1. The highest BCUT2D eigenvalue weighted by molar-refractivity contribution is 7.21. The van der Waals surface area contributed by atoms with E-state index in [0.717, 1.165) is 22.9 Å². The fourth-order valence-electron chi connectivity index (χ4n) is 2.29. The number of rotatable bonds is 4. The van der Waals surface area contributed by atoms with Gasteiger partial charge in [-0.25, -0.2) is 0 Å². The van der Waals surface area contributed by atoms with E-state index in [4.69, 9.17) is 5.73 Å². The third kappa shape index (κ3) is 2.42. The largest absolute Gasteiger partial charge is 0.397 e. The van der Waals surface area contributed by atoms with Crippen LogP contribution in [0, 0.1) is 0 Å². The Balaban J connectivity index is 2.39. The molecule has 0 aliphatic rings. The van der Waals surface area contributed by atoms with Crippen molar-refractivity contribution in [1.82, 2.24) is 9.88 Å². The van der Waals surface area contributed by atoms with Gasteiger partial charge in [-0.1, -0.05) is 13.8 Å². The van der Waals surface area contributed by atoms with Gasteiger partial charge in [0.2, 0.25) is 0 Å². The second kappa shape index (κ2) is 5.57. The lowest BCUT2D eigenvalue weighted by atomic mass is 10.1. The first-order valence-electron chi connectivity index (χ1n) is 6.49. The van der Waals surface area contributed by atoms with Gasteiger partial charge in [0.25, 0.3) is 5.91 Å². The molecule has 0 saturated heterocycles. The summed E-state index contributed by atoms with van der Waals surface area (Å²) in [5.41, 5.74) is 6.67. The number of fused-ring (bicyclic) bond motifs is 1. The van der Waals surface area contributed by atoms with Gasteiger partial charge in [0, 0.05) is 30.9 Å². The number of carbonyl (C=O) groups excluding carboxylic acids is 1. The summed E-state index contributed by atoms with van der Waals surface area (Å²) in [5.74, 6) is 0.00685. The number of hydrogen-bond acceptors (Lipinski definition) is 4. The number of anilines is 1.